The van der Waals surface area contributed by atoms with Crippen LogP contribution in [0, 0.1) is 0 Å². The number of amides is 1. The molecule has 6 nitrogen and oxygen atoms in total. The smallest absolute Gasteiger partial charge is 0.407 e. The molecule has 1 aliphatic rings. The third-order valence-electron chi connectivity index (χ3n) is 1.96. The molecule has 0 aromatic heterocycles. The molecule has 6 heteroatoms. The average Bonchev–Trinajstić information content (AvgIpc) is 2.28. The van der Waals surface area contributed by atoms with Gasteiger partial charge in [-0.2, -0.15) is 0 Å². The van der Waals surface area contributed by atoms with Crippen LogP contribution in [0.2, 0.25) is 0 Å². The lowest BCUT2D eigenvalue weighted by Gasteiger charge is -2.23. The van der Waals surface area contributed by atoms with Crippen molar-refractivity contribution in [3.05, 3.63) is 12.7 Å². The molecule has 0 atom stereocenters. The van der Waals surface area contributed by atoms with Gasteiger partial charge in [-0.3, -0.25) is 0 Å². The van der Waals surface area contributed by atoms with E-state index in [1.807, 2.05) is 20.8 Å². The Morgan fingerprint density at radius 3 is 2.06 bits per heavy atom. The molecule has 1 saturated heterocycles. The van der Waals surface area contributed by atoms with Crippen LogP contribution < -0.4 is 5.32 Å². The van der Waals surface area contributed by atoms with Crippen LogP contribution in [0.4, 0.5) is 4.79 Å². The summed E-state index contributed by atoms with van der Waals surface area (Å²) < 4.78 is 4.83. The number of ether oxygens (including phenoxy) is 1. The number of esters is 1. The molecule has 0 aromatic rings. The number of carbonyl (C=O) groups is 2. The van der Waals surface area contributed by atoms with Gasteiger partial charge in [-0.1, -0.05) is 6.58 Å². The Labute approximate surface area is 108 Å². The summed E-state index contributed by atoms with van der Waals surface area (Å²) >= 11 is 0. The van der Waals surface area contributed by atoms with E-state index in [-0.39, 0.29) is 5.97 Å². The van der Waals surface area contributed by atoms with Crippen molar-refractivity contribution in [2.45, 2.75) is 26.4 Å². The van der Waals surface area contributed by atoms with Gasteiger partial charge in [0.05, 0.1) is 0 Å². The lowest BCUT2D eigenvalue weighted by Crippen LogP contribution is -2.45. The summed E-state index contributed by atoms with van der Waals surface area (Å²) in [7, 11) is 0. The van der Waals surface area contributed by atoms with E-state index in [4.69, 9.17) is 9.84 Å². The van der Waals surface area contributed by atoms with Gasteiger partial charge >= 0.3 is 12.1 Å². The summed E-state index contributed by atoms with van der Waals surface area (Å²) in [5.41, 5.74) is -0.398. The van der Waals surface area contributed by atoms with Crippen LogP contribution in [0.15, 0.2) is 12.7 Å². The van der Waals surface area contributed by atoms with Crippen molar-refractivity contribution >= 4 is 12.1 Å². The van der Waals surface area contributed by atoms with Gasteiger partial charge in [0.1, 0.15) is 5.60 Å². The normalized spacial score (nSPS) is 15.2. The van der Waals surface area contributed by atoms with Gasteiger partial charge in [0.15, 0.2) is 0 Å². The third-order valence-corrected chi connectivity index (χ3v) is 1.96. The molecular weight excluding hydrogens is 236 g/mol. The fourth-order valence-corrected chi connectivity index (χ4v) is 1.20. The van der Waals surface area contributed by atoms with Crippen LogP contribution in [0.25, 0.3) is 0 Å². The molecule has 18 heavy (non-hydrogen) atoms. The molecule has 1 fully saturated rings. The third kappa shape index (κ3) is 8.58. The van der Waals surface area contributed by atoms with Gasteiger partial charge in [0.2, 0.25) is 0 Å². The zero-order chi connectivity index (χ0) is 14.2. The molecule has 1 aliphatic heterocycles. The molecule has 0 aromatic carbocycles. The fraction of sp³-hybridized carbons (Fsp3) is 0.667. The van der Waals surface area contributed by atoms with E-state index in [0.717, 1.165) is 19.2 Å². The van der Waals surface area contributed by atoms with Gasteiger partial charge in [-0.15, -0.1) is 0 Å². The molecule has 104 valence electrons. The van der Waals surface area contributed by atoms with E-state index in [0.29, 0.717) is 13.1 Å². The van der Waals surface area contributed by atoms with Crippen LogP contribution in [0.5, 0.6) is 0 Å². The minimum Gasteiger partial charge on any atom is -0.465 e. The van der Waals surface area contributed by atoms with Gasteiger partial charge in [0.25, 0.3) is 0 Å². The Morgan fingerprint density at radius 2 is 1.83 bits per heavy atom. The Bertz CT molecular complexity index is 291. The van der Waals surface area contributed by atoms with Crippen LogP contribution in [0.1, 0.15) is 20.8 Å². The zero-order valence-corrected chi connectivity index (χ0v) is 11.2. The Morgan fingerprint density at radius 1 is 1.33 bits per heavy atom. The number of carboxylic acid groups (broad SMARTS) is 1. The van der Waals surface area contributed by atoms with Crippen LogP contribution >= 0.6 is 0 Å². The maximum atomic E-state index is 10.5. The summed E-state index contributed by atoms with van der Waals surface area (Å²) in [6, 6.07) is 0. The summed E-state index contributed by atoms with van der Waals surface area (Å²) in [6.45, 7) is 11.5. The van der Waals surface area contributed by atoms with Crippen LogP contribution in [0.3, 0.4) is 0 Å². The average molecular weight is 258 g/mol. The Kier molecular flexibility index (Phi) is 7.04. The first-order valence-electron chi connectivity index (χ1n) is 5.80. The van der Waals surface area contributed by atoms with Crippen molar-refractivity contribution in [2.75, 3.05) is 26.2 Å². The lowest BCUT2D eigenvalue weighted by atomic mass is 10.2. The van der Waals surface area contributed by atoms with E-state index in [1.54, 1.807) is 0 Å². The molecule has 0 radical (unpaired) electrons. The van der Waals surface area contributed by atoms with Crippen molar-refractivity contribution in [1.82, 2.24) is 10.2 Å². The molecule has 0 aliphatic carbocycles. The lowest BCUT2D eigenvalue weighted by molar-refractivity contribution is -0.148. The Balaban J connectivity index is 0.000000321. The maximum Gasteiger partial charge on any atom is 0.407 e. The first kappa shape index (κ1) is 16.4. The number of piperazine rings is 1. The number of nitrogens with one attached hydrogen (secondary N) is 1. The van der Waals surface area contributed by atoms with Crippen molar-refractivity contribution in [1.29, 1.82) is 0 Å². The largest absolute Gasteiger partial charge is 0.465 e. The van der Waals surface area contributed by atoms with Gasteiger partial charge in [0, 0.05) is 32.3 Å². The number of hydrogen-bond acceptors (Lipinski definition) is 4. The second-order valence-corrected chi connectivity index (χ2v) is 4.76. The SMILES string of the molecule is C=CC(=O)OC(C)(C)C.O=C(O)N1CCNCC1. The van der Waals surface area contributed by atoms with Gasteiger partial charge < -0.3 is 20.1 Å². The topological polar surface area (TPSA) is 78.9 Å². The van der Waals surface area contributed by atoms with Gasteiger partial charge in [-0.05, 0) is 20.8 Å². The molecular formula is C12H22N2O4. The zero-order valence-electron chi connectivity index (χ0n) is 11.2. The predicted molar refractivity (Wildman–Crippen MR) is 68.5 cm³/mol. The molecule has 0 bridgehead atoms. The second kappa shape index (κ2) is 7.71. The highest BCUT2D eigenvalue weighted by Gasteiger charge is 2.13. The number of rotatable bonds is 1. The maximum absolute atomic E-state index is 10.5. The first-order valence-corrected chi connectivity index (χ1v) is 5.80. The highest BCUT2D eigenvalue weighted by atomic mass is 16.6. The Hall–Kier alpha value is -1.56. The quantitative estimate of drug-likeness (QED) is 0.543. The molecule has 2 N–H and O–H groups in total. The van der Waals surface area contributed by atoms with E-state index < -0.39 is 11.7 Å². The first-order chi connectivity index (χ1) is 8.26. The monoisotopic (exact) mass is 258 g/mol. The van der Waals surface area contributed by atoms with E-state index >= 15 is 0 Å². The molecule has 1 rings (SSSR count). The fourth-order valence-electron chi connectivity index (χ4n) is 1.20. The molecule has 0 saturated carbocycles. The number of carbonyl (C=O) groups excluding carboxylic acids is 1. The van der Waals surface area contributed by atoms with Crippen LogP contribution in [-0.2, 0) is 9.53 Å². The van der Waals surface area contributed by atoms with Crippen molar-refractivity contribution in [2.24, 2.45) is 0 Å². The van der Waals surface area contributed by atoms with Gasteiger partial charge in [-0.25, -0.2) is 9.59 Å². The van der Waals surface area contributed by atoms with Crippen molar-refractivity contribution in [3.8, 4) is 0 Å². The summed E-state index contributed by atoms with van der Waals surface area (Å²) in [5.74, 6) is -0.373. The highest BCUT2D eigenvalue weighted by Crippen LogP contribution is 2.06. The molecule has 1 amide bonds. The van der Waals surface area contributed by atoms with Crippen LogP contribution in [-0.4, -0.2) is 53.8 Å². The standard InChI is InChI=1S/C7H12O2.C5H10N2O2/c1-5-6(8)9-7(2,3)4;8-5(9)7-3-1-6-2-4-7/h5H,1H2,2-4H3;6H,1-4H2,(H,8,9). The molecule has 0 spiro atoms. The minimum absolute atomic E-state index is 0.373. The molecule has 0 unspecified atom stereocenters. The van der Waals surface area contributed by atoms with Crippen molar-refractivity contribution < 1.29 is 19.4 Å². The summed E-state index contributed by atoms with van der Waals surface area (Å²) in [6.07, 6.45) is 0.349. The van der Waals surface area contributed by atoms with E-state index in [9.17, 15) is 9.59 Å². The summed E-state index contributed by atoms with van der Waals surface area (Å²) in [5, 5.41) is 11.5. The van der Waals surface area contributed by atoms with Crippen molar-refractivity contribution in [3.63, 3.8) is 0 Å². The highest BCUT2D eigenvalue weighted by molar-refractivity contribution is 5.81. The van der Waals surface area contributed by atoms with E-state index in [1.165, 1.54) is 4.90 Å². The predicted octanol–water partition coefficient (Wildman–Crippen LogP) is 1.08. The van der Waals surface area contributed by atoms with E-state index in [2.05, 4.69) is 11.9 Å². The number of hydrogen-bond donors (Lipinski definition) is 2. The number of nitrogens with zero attached hydrogens (tertiary/aromatic N) is 1. The summed E-state index contributed by atoms with van der Waals surface area (Å²) in [4.78, 5) is 22.2. The second-order valence-electron chi connectivity index (χ2n) is 4.76. The molecule has 1 heterocycles. The minimum atomic E-state index is -0.809.